The molecule has 230 valence electrons. The van der Waals surface area contributed by atoms with Gasteiger partial charge >= 0.3 is 6.18 Å². The SMILES string of the molecule is O=C(N[C@@H](Cc1ccccc1)[C@H](O)CNC1(c2cccc(C(F)(F)F)c2)CCCCC1)c1cc(-c2cccnc2)ccc1F. The van der Waals surface area contributed by atoms with Crippen LogP contribution in [0.25, 0.3) is 11.1 Å². The second-order valence-corrected chi connectivity index (χ2v) is 11.4. The number of rotatable bonds is 10. The number of nitrogens with one attached hydrogen (secondary N) is 2. The number of carbonyl (C=O) groups is 1. The molecule has 0 aliphatic heterocycles. The van der Waals surface area contributed by atoms with Gasteiger partial charge in [0, 0.05) is 30.0 Å². The van der Waals surface area contributed by atoms with Crippen molar-refractivity contribution < 1.29 is 27.5 Å². The monoisotopic (exact) mass is 605 g/mol. The van der Waals surface area contributed by atoms with Crippen LogP contribution in [0.3, 0.4) is 0 Å². The van der Waals surface area contributed by atoms with Gasteiger partial charge in [0.05, 0.1) is 23.3 Å². The number of amides is 1. The molecule has 1 aliphatic rings. The van der Waals surface area contributed by atoms with Crippen LogP contribution in [0.4, 0.5) is 17.6 Å². The molecule has 44 heavy (non-hydrogen) atoms. The third-order valence-electron chi connectivity index (χ3n) is 8.38. The number of halogens is 4. The Bertz CT molecular complexity index is 1540. The molecule has 0 radical (unpaired) electrons. The van der Waals surface area contributed by atoms with E-state index in [1.165, 1.54) is 24.3 Å². The Kier molecular flexibility index (Phi) is 9.76. The van der Waals surface area contributed by atoms with Crippen LogP contribution in [0.1, 0.15) is 59.2 Å². The molecular weight excluding hydrogens is 570 g/mol. The number of aliphatic hydroxyl groups is 1. The number of nitrogens with zero attached hydrogens (tertiary/aromatic N) is 1. The normalized spacial score (nSPS) is 16.2. The molecule has 1 aromatic heterocycles. The van der Waals surface area contributed by atoms with Gasteiger partial charge in [0.25, 0.3) is 5.91 Å². The number of aliphatic hydroxyl groups excluding tert-OH is 1. The van der Waals surface area contributed by atoms with Crippen LogP contribution in [-0.4, -0.2) is 34.7 Å². The quantitative estimate of drug-likeness (QED) is 0.169. The summed E-state index contributed by atoms with van der Waals surface area (Å²) in [7, 11) is 0. The van der Waals surface area contributed by atoms with Gasteiger partial charge in [-0.2, -0.15) is 13.2 Å². The summed E-state index contributed by atoms with van der Waals surface area (Å²) in [5, 5.41) is 17.7. The number of hydrogen-bond donors (Lipinski definition) is 3. The summed E-state index contributed by atoms with van der Waals surface area (Å²) >= 11 is 0. The van der Waals surface area contributed by atoms with Gasteiger partial charge in [-0.1, -0.05) is 73.9 Å². The summed E-state index contributed by atoms with van der Waals surface area (Å²) in [6.45, 7) is 0.00618. The topological polar surface area (TPSA) is 74.2 Å². The van der Waals surface area contributed by atoms with Crippen LogP contribution in [0.2, 0.25) is 0 Å². The molecule has 2 atom stereocenters. The molecule has 1 aliphatic carbocycles. The fraction of sp³-hybridized carbons (Fsp3) is 0.314. The summed E-state index contributed by atoms with van der Waals surface area (Å²) < 4.78 is 55.6. The third kappa shape index (κ3) is 7.52. The van der Waals surface area contributed by atoms with Gasteiger partial charge in [0.15, 0.2) is 0 Å². The minimum absolute atomic E-state index is 0.00618. The van der Waals surface area contributed by atoms with E-state index in [-0.39, 0.29) is 18.5 Å². The zero-order chi connectivity index (χ0) is 31.2. The van der Waals surface area contributed by atoms with E-state index in [2.05, 4.69) is 15.6 Å². The molecule has 0 saturated heterocycles. The molecular formula is C35H35F4N3O2. The highest BCUT2D eigenvalue weighted by Crippen LogP contribution is 2.39. The highest BCUT2D eigenvalue weighted by Gasteiger charge is 2.37. The zero-order valence-electron chi connectivity index (χ0n) is 24.2. The summed E-state index contributed by atoms with van der Waals surface area (Å²) in [5.41, 5.74) is 1.07. The maximum atomic E-state index is 14.9. The molecule has 5 nitrogen and oxygen atoms in total. The highest BCUT2D eigenvalue weighted by molar-refractivity contribution is 5.96. The number of pyridine rings is 1. The van der Waals surface area contributed by atoms with E-state index >= 15 is 0 Å². The van der Waals surface area contributed by atoms with Crippen molar-refractivity contribution in [2.75, 3.05) is 6.54 Å². The average molecular weight is 606 g/mol. The van der Waals surface area contributed by atoms with Crippen molar-refractivity contribution in [3.05, 3.63) is 125 Å². The van der Waals surface area contributed by atoms with Crippen LogP contribution in [0.5, 0.6) is 0 Å². The van der Waals surface area contributed by atoms with Gasteiger partial charge in [-0.25, -0.2) is 4.39 Å². The molecule has 9 heteroatoms. The number of carbonyl (C=O) groups excluding carboxylic acids is 1. The number of benzene rings is 3. The Morgan fingerprint density at radius 1 is 0.909 bits per heavy atom. The van der Waals surface area contributed by atoms with Gasteiger partial charge in [-0.05, 0) is 66.3 Å². The Labute approximate surface area is 254 Å². The lowest BCUT2D eigenvalue weighted by Gasteiger charge is -2.40. The van der Waals surface area contributed by atoms with E-state index in [0.29, 0.717) is 24.0 Å². The Balaban J connectivity index is 1.39. The Morgan fingerprint density at radius 3 is 2.39 bits per heavy atom. The minimum atomic E-state index is -4.47. The fourth-order valence-corrected chi connectivity index (χ4v) is 5.97. The summed E-state index contributed by atoms with van der Waals surface area (Å²) in [6, 6.07) is 21.6. The molecule has 1 saturated carbocycles. The van der Waals surface area contributed by atoms with Crippen molar-refractivity contribution >= 4 is 5.91 Å². The molecule has 1 amide bonds. The largest absolute Gasteiger partial charge is 0.416 e. The molecule has 3 aromatic carbocycles. The molecule has 0 bridgehead atoms. The Hall–Kier alpha value is -4.08. The van der Waals surface area contributed by atoms with Crippen LogP contribution >= 0.6 is 0 Å². The fourth-order valence-electron chi connectivity index (χ4n) is 5.97. The predicted molar refractivity (Wildman–Crippen MR) is 161 cm³/mol. The second kappa shape index (κ2) is 13.7. The van der Waals surface area contributed by atoms with Crippen LogP contribution in [0, 0.1) is 5.82 Å². The lowest BCUT2D eigenvalue weighted by Crippen LogP contribution is -2.53. The average Bonchev–Trinajstić information content (AvgIpc) is 3.04. The van der Waals surface area contributed by atoms with E-state index < -0.39 is 41.1 Å². The smallest absolute Gasteiger partial charge is 0.390 e. The molecule has 1 heterocycles. The third-order valence-corrected chi connectivity index (χ3v) is 8.38. The molecule has 1 fully saturated rings. The summed E-state index contributed by atoms with van der Waals surface area (Å²) in [6.07, 6.45) is 1.76. The maximum Gasteiger partial charge on any atom is 0.416 e. The zero-order valence-corrected chi connectivity index (χ0v) is 24.2. The van der Waals surface area contributed by atoms with Gasteiger partial charge < -0.3 is 15.7 Å². The summed E-state index contributed by atoms with van der Waals surface area (Å²) in [4.78, 5) is 17.6. The number of aromatic nitrogens is 1. The number of hydrogen-bond acceptors (Lipinski definition) is 4. The van der Waals surface area contributed by atoms with E-state index in [1.54, 1.807) is 36.7 Å². The maximum absolute atomic E-state index is 14.9. The summed E-state index contributed by atoms with van der Waals surface area (Å²) in [5.74, 6) is -1.38. The van der Waals surface area contributed by atoms with Crippen LogP contribution < -0.4 is 10.6 Å². The van der Waals surface area contributed by atoms with E-state index in [1.807, 2.05) is 30.3 Å². The predicted octanol–water partition coefficient (Wildman–Crippen LogP) is 7.06. The van der Waals surface area contributed by atoms with Gasteiger partial charge in [0.2, 0.25) is 0 Å². The van der Waals surface area contributed by atoms with Gasteiger partial charge in [-0.15, -0.1) is 0 Å². The molecule has 5 rings (SSSR count). The van der Waals surface area contributed by atoms with Crippen molar-refractivity contribution in [1.29, 1.82) is 0 Å². The first-order valence-corrected chi connectivity index (χ1v) is 14.8. The van der Waals surface area contributed by atoms with Crippen molar-refractivity contribution in [2.24, 2.45) is 0 Å². The number of alkyl halides is 3. The van der Waals surface area contributed by atoms with Crippen molar-refractivity contribution in [3.8, 4) is 11.1 Å². The van der Waals surface area contributed by atoms with Gasteiger partial charge in [-0.3, -0.25) is 9.78 Å². The molecule has 4 aromatic rings. The van der Waals surface area contributed by atoms with Crippen molar-refractivity contribution in [2.45, 2.75) is 62.4 Å². The molecule has 3 N–H and O–H groups in total. The van der Waals surface area contributed by atoms with Crippen LogP contribution in [-0.2, 0) is 18.1 Å². The van der Waals surface area contributed by atoms with E-state index in [9.17, 15) is 27.5 Å². The van der Waals surface area contributed by atoms with E-state index in [0.717, 1.165) is 36.5 Å². The first kappa shape index (κ1) is 31.3. The van der Waals surface area contributed by atoms with Crippen molar-refractivity contribution in [1.82, 2.24) is 15.6 Å². The van der Waals surface area contributed by atoms with Crippen LogP contribution in [0.15, 0.2) is 97.3 Å². The molecule has 0 unspecified atom stereocenters. The van der Waals surface area contributed by atoms with Gasteiger partial charge in [0.1, 0.15) is 5.82 Å². The highest BCUT2D eigenvalue weighted by atomic mass is 19.4. The second-order valence-electron chi connectivity index (χ2n) is 11.4. The lowest BCUT2D eigenvalue weighted by atomic mass is 9.76. The Morgan fingerprint density at radius 2 is 1.68 bits per heavy atom. The minimum Gasteiger partial charge on any atom is -0.390 e. The lowest BCUT2D eigenvalue weighted by molar-refractivity contribution is -0.137. The standard InChI is InChI=1S/C35H35F4N3O2/c36-30-15-14-25(26-11-8-18-40-22-26)20-29(30)33(44)42-31(19-24-9-3-1-4-10-24)32(43)23-41-34(16-5-2-6-17-34)27-12-7-13-28(21-27)35(37,38)39/h1,3-4,7-15,18,20-22,31-32,41,43H,2,5-6,16-17,19,23H2,(H,42,44)/t31-,32+/m0/s1. The van der Waals surface area contributed by atoms with Crippen molar-refractivity contribution in [3.63, 3.8) is 0 Å². The first-order valence-electron chi connectivity index (χ1n) is 14.8. The first-order chi connectivity index (χ1) is 21.1. The molecule has 0 spiro atoms. The van der Waals surface area contributed by atoms with E-state index in [4.69, 9.17) is 0 Å².